The highest BCUT2D eigenvalue weighted by Gasteiger charge is 2.17. The van der Waals surface area contributed by atoms with E-state index < -0.39 is 0 Å². The lowest BCUT2D eigenvalue weighted by atomic mass is 10.0. The van der Waals surface area contributed by atoms with Gasteiger partial charge < -0.3 is 10.2 Å². The maximum absolute atomic E-state index is 4.54. The number of aromatic nitrogens is 3. The average molecular weight is 287 g/mol. The van der Waals surface area contributed by atoms with Crippen LogP contribution >= 0.6 is 0 Å². The third kappa shape index (κ3) is 3.09. The van der Waals surface area contributed by atoms with Crippen LogP contribution in [0.2, 0.25) is 0 Å². The first kappa shape index (κ1) is 14.5. The molecular weight excluding hydrogens is 262 g/mol. The van der Waals surface area contributed by atoms with Gasteiger partial charge in [0, 0.05) is 31.2 Å². The normalized spacial score (nSPS) is 17.7. The molecule has 0 atom stereocenters. The molecule has 0 aliphatic carbocycles. The van der Waals surface area contributed by atoms with E-state index in [1.165, 1.54) is 38.0 Å². The van der Waals surface area contributed by atoms with Crippen LogP contribution in [-0.2, 0) is 13.6 Å². The van der Waals surface area contributed by atoms with Crippen LogP contribution in [0.4, 0.5) is 0 Å². The van der Waals surface area contributed by atoms with Crippen molar-refractivity contribution in [2.75, 3.05) is 19.6 Å². The maximum atomic E-state index is 4.54. The monoisotopic (exact) mass is 287 g/mol. The van der Waals surface area contributed by atoms with Crippen LogP contribution in [-0.4, -0.2) is 45.3 Å². The Bertz CT molecular complexity index is 610. The molecule has 2 aromatic rings. The Labute approximate surface area is 126 Å². The molecule has 0 spiro atoms. The molecule has 114 valence electrons. The third-order valence-corrected chi connectivity index (χ3v) is 4.55. The summed E-state index contributed by atoms with van der Waals surface area (Å²) in [6.45, 7) is 8.79. The summed E-state index contributed by atoms with van der Waals surface area (Å²) < 4.78 is 1.85. The van der Waals surface area contributed by atoms with Crippen LogP contribution in [0.5, 0.6) is 0 Å². The second-order valence-corrected chi connectivity index (χ2v) is 6.01. The van der Waals surface area contributed by atoms with Gasteiger partial charge in [0.05, 0.1) is 5.69 Å². The minimum atomic E-state index is 0.637. The fourth-order valence-electron chi connectivity index (χ4n) is 3.16. The molecule has 1 N–H and O–H groups in total. The molecule has 0 saturated carbocycles. The third-order valence-electron chi connectivity index (χ3n) is 4.55. The summed E-state index contributed by atoms with van der Waals surface area (Å²) in [5.41, 5.74) is 3.27. The zero-order chi connectivity index (χ0) is 14.8. The van der Waals surface area contributed by atoms with E-state index in [1.807, 2.05) is 24.9 Å². The lowest BCUT2D eigenvalue weighted by molar-refractivity contribution is 0.206. The van der Waals surface area contributed by atoms with Gasteiger partial charge in [-0.05, 0) is 51.0 Å². The fourth-order valence-corrected chi connectivity index (χ4v) is 3.16. The molecule has 5 nitrogen and oxygen atoms in total. The van der Waals surface area contributed by atoms with Crippen LogP contribution in [0, 0.1) is 6.92 Å². The lowest BCUT2D eigenvalue weighted by Crippen LogP contribution is -2.42. The summed E-state index contributed by atoms with van der Waals surface area (Å²) in [6, 6.07) is 2.86. The van der Waals surface area contributed by atoms with Gasteiger partial charge in [0.2, 0.25) is 0 Å². The van der Waals surface area contributed by atoms with E-state index in [0.29, 0.717) is 6.04 Å². The number of hydrogen-bond donors (Lipinski definition) is 1. The van der Waals surface area contributed by atoms with Gasteiger partial charge in [0.25, 0.3) is 0 Å². The van der Waals surface area contributed by atoms with Crippen LogP contribution in [0.3, 0.4) is 0 Å². The van der Waals surface area contributed by atoms with Crippen LogP contribution in [0.1, 0.15) is 31.0 Å². The first-order valence-corrected chi connectivity index (χ1v) is 7.91. The standard InChI is InChI=1S/C16H25N5/c1-4-21-7-5-14(6-8-21)17-10-13-9-15-12(2)19-20(3)16(15)18-11-13/h9,11,14,17H,4-8,10H2,1-3H3. The molecule has 0 radical (unpaired) electrons. The number of piperidine rings is 1. The topological polar surface area (TPSA) is 46.0 Å². The minimum absolute atomic E-state index is 0.637. The summed E-state index contributed by atoms with van der Waals surface area (Å²) in [5.74, 6) is 0. The smallest absolute Gasteiger partial charge is 0.157 e. The number of nitrogens with one attached hydrogen (secondary N) is 1. The van der Waals surface area contributed by atoms with E-state index in [4.69, 9.17) is 0 Å². The largest absolute Gasteiger partial charge is 0.310 e. The van der Waals surface area contributed by atoms with Crippen LogP contribution < -0.4 is 5.32 Å². The van der Waals surface area contributed by atoms with Gasteiger partial charge in [0.1, 0.15) is 0 Å². The van der Waals surface area contributed by atoms with Gasteiger partial charge in [-0.25, -0.2) is 4.98 Å². The number of rotatable bonds is 4. The molecule has 0 unspecified atom stereocenters. The first-order valence-electron chi connectivity index (χ1n) is 7.91. The summed E-state index contributed by atoms with van der Waals surface area (Å²) in [7, 11) is 1.95. The van der Waals surface area contributed by atoms with Crippen molar-refractivity contribution in [2.45, 2.75) is 39.3 Å². The van der Waals surface area contributed by atoms with Crippen molar-refractivity contribution in [3.8, 4) is 0 Å². The quantitative estimate of drug-likeness (QED) is 0.932. The molecule has 1 aliphatic heterocycles. The molecule has 1 aliphatic rings. The fraction of sp³-hybridized carbons (Fsp3) is 0.625. The second-order valence-electron chi connectivity index (χ2n) is 6.01. The van der Waals surface area contributed by atoms with E-state index in [1.54, 1.807) is 0 Å². The Hall–Kier alpha value is -1.46. The Kier molecular flexibility index (Phi) is 4.22. The summed E-state index contributed by atoms with van der Waals surface area (Å²) in [5, 5.41) is 9.27. The van der Waals surface area contributed by atoms with Crippen molar-refractivity contribution in [1.29, 1.82) is 0 Å². The summed E-state index contributed by atoms with van der Waals surface area (Å²) in [6.07, 6.45) is 4.46. The molecule has 0 amide bonds. The molecule has 21 heavy (non-hydrogen) atoms. The number of hydrogen-bond acceptors (Lipinski definition) is 4. The maximum Gasteiger partial charge on any atom is 0.157 e. The van der Waals surface area contributed by atoms with Crippen molar-refractivity contribution >= 4 is 11.0 Å². The summed E-state index contributed by atoms with van der Waals surface area (Å²) >= 11 is 0. The van der Waals surface area contributed by atoms with Gasteiger partial charge in [0.15, 0.2) is 5.65 Å². The Morgan fingerprint density at radius 1 is 1.33 bits per heavy atom. The first-order chi connectivity index (χ1) is 10.2. The lowest BCUT2D eigenvalue weighted by Gasteiger charge is -2.31. The summed E-state index contributed by atoms with van der Waals surface area (Å²) in [4.78, 5) is 7.06. The Morgan fingerprint density at radius 2 is 2.10 bits per heavy atom. The predicted molar refractivity (Wildman–Crippen MR) is 85.2 cm³/mol. The van der Waals surface area contributed by atoms with Gasteiger partial charge in [-0.15, -0.1) is 0 Å². The molecule has 1 fully saturated rings. The van der Waals surface area contributed by atoms with E-state index >= 15 is 0 Å². The molecule has 5 heteroatoms. The molecular formula is C16H25N5. The highest BCUT2D eigenvalue weighted by atomic mass is 15.3. The number of aryl methyl sites for hydroxylation is 2. The van der Waals surface area contributed by atoms with E-state index in [9.17, 15) is 0 Å². The highest BCUT2D eigenvalue weighted by Crippen LogP contribution is 2.17. The van der Waals surface area contributed by atoms with Crippen molar-refractivity contribution in [3.63, 3.8) is 0 Å². The van der Waals surface area contributed by atoms with Crippen LogP contribution in [0.25, 0.3) is 11.0 Å². The van der Waals surface area contributed by atoms with E-state index in [-0.39, 0.29) is 0 Å². The number of likely N-dealkylation sites (tertiary alicyclic amines) is 1. The average Bonchev–Trinajstić information content (AvgIpc) is 2.80. The molecule has 0 aromatic carbocycles. The number of nitrogens with zero attached hydrogens (tertiary/aromatic N) is 4. The second kappa shape index (κ2) is 6.12. The molecule has 1 saturated heterocycles. The SMILES string of the molecule is CCN1CCC(NCc2cnc3c(c2)c(C)nn3C)CC1. The predicted octanol–water partition coefficient (Wildman–Crippen LogP) is 1.85. The minimum Gasteiger partial charge on any atom is -0.310 e. The van der Waals surface area contributed by atoms with E-state index in [0.717, 1.165) is 23.3 Å². The van der Waals surface area contributed by atoms with Gasteiger partial charge in [-0.3, -0.25) is 4.68 Å². The van der Waals surface area contributed by atoms with Crippen molar-refractivity contribution in [3.05, 3.63) is 23.5 Å². The van der Waals surface area contributed by atoms with E-state index in [2.05, 4.69) is 33.3 Å². The van der Waals surface area contributed by atoms with Crippen molar-refractivity contribution in [2.24, 2.45) is 7.05 Å². The van der Waals surface area contributed by atoms with Crippen molar-refractivity contribution < 1.29 is 0 Å². The zero-order valence-corrected chi connectivity index (χ0v) is 13.3. The van der Waals surface area contributed by atoms with Gasteiger partial charge in [-0.1, -0.05) is 6.92 Å². The Morgan fingerprint density at radius 3 is 2.81 bits per heavy atom. The molecule has 0 bridgehead atoms. The van der Waals surface area contributed by atoms with Gasteiger partial charge >= 0.3 is 0 Å². The zero-order valence-electron chi connectivity index (χ0n) is 13.3. The Balaban J connectivity index is 1.62. The van der Waals surface area contributed by atoms with Gasteiger partial charge in [-0.2, -0.15) is 5.10 Å². The highest BCUT2D eigenvalue weighted by molar-refractivity contribution is 5.78. The molecule has 2 aromatic heterocycles. The van der Waals surface area contributed by atoms with Crippen molar-refractivity contribution in [1.82, 2.24) is 25.0 Å². The molecule has 3 heterocycles. The molecule has 3 rings (SSSR count). The number of pyridine rings is 1. The number of fused-ring (bicyclic) bond motifs is 1. The van der Waals surface area contributed by atoms with Crippen LogP contribution in [0.15, 0.2) is 12.3 Å².